The Balaban J connectivity index is 1.64. The Labute approximate surface area is 232 Å². The van der Waals surface area contributed by atoms with E-state index in [0.29, 0.717) is 34.1 Å². The van der Waals surface area contributed by atoms with Crippen LogP contribution in [0.2, 0.25) is 0 Å². The van der Waals surface area contributed by atoms with Crippen molar-refractivity contribution in [3.63, 3.8) is 0 Å². The second-order valence-electron chi connectivity index (χ2n) is 9.40. The zero-order valence-corrected chi connectivity index (χ0v) is 22.4. The number of carbonyl (C=O) groups excluding carboxylic acids is 2. The molecule has 2 atom stereocenters. The molecule has 4 aromatic carbocycles. The fourth-order valence-electron chi connectivity index (χ4n) is 5.13. The van der Waals surface area contributed by atoms with E-state index >= 15 is 0 Å². The monoisotopic (exact) mass is 540 g/mol. The van der Waals surface area contributed by atoms with Crippen LogP contribution >= 0.6 is 0 Å². The molecule has 40 heavy (non-hydrogen) atoms. The van der Waals surface area contributed by atoms with Gasteiger partial charge in [-0.3, -0.25) is 9.59 Å². The van der Waals surface area contributed by atoms with Crippen LogP contribution in [0.3, 0.4) is 0 Å². The molecule has 5 rings (SSSR count). The van der Waals surface area contributed by atoms with Gasteiger partial charge in [0.15, 0.2) is 0 Å². The average Bonchev–Trinajstić information content (AvgIpc) is 2.99. The molecule has 4 aromatic rings. The van der Waals surface area contributed by atoms with Crippen LogP contribution in [0.4, 0.5) is 10.1 Å². The minimum atomic E-state index is -0.779. The molecule has 0 saturated carbocycles. The Morgan fingerprint density at radius 1 is 0.850 bits per heavy atom. The van der Waals surface area contributed by atoms with Crippen LogP contribution in [0.5, 0.6) is 17.2 Å². The van der Waals surface area contributed by atoms with Crippen LogP contribution in [0.1, 0.15) is 39.0 Å². The third kappa shape index (κ3) is 5.20. The SMILES string of the molecule is COc1ccc([C@@H]2[C@H](C(=O)Nc3cc(OC)ccc3OC)c3ccccc3C(=O)N2Cc2ccc(F)cc2)cc1. The summed E-state index contributed by atoms with van der Waals surface area (Å²) in [7, 11) is 4.65. The van der Waals surface area contributed by atoms with Crippen molar-refractivity contribution in [2.75, 3.05) is 26.6 Å². The van der Waals surface area contributed by atoms with E-state index in [1.807, 2.05) is 24.3 Å². The van der Waals surface area contributed by atoms with Crippen molar-refractivity contribution >= 4 is 17.5 Å². The van der Waals surface area contributed by atoms with Gasteiger partial charge in [-0.05, 0) is 59.2 Å². The molecule has 0 radical (unpaired) electrons. The second-order valence-corrected chi connectivity index (χ2v) is 9.40. The summed E-state index contributed by atoms with van der Waals surface area (Å²) >= 11 is 0. The maximum absolute atomic E-state index is 14.2. The average molecular weight is 541 g/mol. The van der Waals surface area contributed by atoms with Crippen LogP contribution < -0.4 is 19.5 Å². The Kier molecular flexibility index (Phi) is 7.68. The van der Waals surface area contributed by atoms with E-state index in [1.54, 1.807) is 73.7 Å². The summed E-state index contributed by atoms with van der Waals surface area (Å²) in [5, 5.41) is 3.02. The lowest BCUT2D eigenvalue weighted by molar-refractivity contribution is -0.119. The molecular weight excluding hydrogens is 511 g/mol. The van der Waals surface area contributed by atoms with Gasteiger partial charge in [-0.15, -0.1) is 0 Å². The molecule has 7 nitrogen and oxygen atoms in total. The summed E-state index contributed by atoms with van der Waals surface area (Å²) in [6.45, 7) is 0.177. The molecule has 2 amide bonds. The summed E-state index contributed by atoms with van der Waals surface area (Å²) < 4.78 is 29.9. The van der Waals surface area contributed by atoms with Crippen LogP contribution in [-0.4, -0.2) is 38.0 Å². The van der Waals surface area contributed by atoms with Crippen molar-refractivity contribution < 1.29 is 28.2 Å². The van der Waals surface area contributed by atoms with Gasteiger partial charge in [0.05, 0.1) is 39.0 Å². The molecular formula is C32H29FN2O5. The molecule has 1 N–H and O–H groups in total. The lowest BCUT2D eigenvalue weighted by Gasteiger charge is -2.42. The van der Waals surface area contributed by atoms with E-state index in [1.165, 1.54) is 19.2 Å². The van der Waals surface area contributed by atoms with Gasteiger partial charge in [-0.1, -0.05) is 42.5 Å². The predicted octanol–water partition coefficient (Wildman–Crippen LogP) is 5.97. The first-order valence-electron chi connectivity index (χ1n) is 12.7. The Bertz CT molecular complexity index is 1520. The number of nitrogens with zero attached hydrogens (tertiary/aromatic N) is 1. The lowest BCUT2D eigenvalue weighted by atomic mass is 9.79. The van der Waals surface area contributed by atoms with Gasteiger partial charge in [0.1, 0.15) is 23.1 Å². The molecule has 0 aromatic heterocycles. The molecule has 1 aliphatic rings. The molecule has 0 spiro atoms. The minimum Gasteiger partial charge on any atom is -0.497 e. The standard InChI is InChI=1S/C32H29FN2O5/c1-38-23-14-10-21(11-15-23)30-29(31(36)34-27-18-24(39-2)16-17-28(27)40-3)25-6-4-5-7-26(25)32(37)35(30)19-20-8-12-22(33)13-9-20/h4-18,29-30H,19H2,1-3H3,(H,34,36)/t29-,30-/m1/s1. The first-order valence-corrected chi connectivity index (χ1v) is 12.7. The highest BCUT2D eigenvalue weighted by Gasteiger charge is 2.44. The van der Waals surface area contributed by atoms with Crippen molar-refractivity contribution in [1.82, 2.24) is 4.90 Å². The zero-order chi connectivity index (χ0) is 28.2. The van der Waals surface area contributed by atoms with E-state index in [4.69, 9.17) is 14.2 Å². The number of benzene rings is 4. The minimum absolute atomic E-state index is 0.177. The van der Waals surface area contributed by atoms with Crippen LogP contribution in [-0.2, 0) is 11.3 Å². The highest BCUT2D eigenvalue weighted by molar-refractivity contribution is 6.05. The Hall–Kier alpha value is -4.85. The number of carbonyl (C=O) groups is 2. The number of methoxy groups -OCH3 is 3. The number of fused-ring (bicyclic) bond motifs is 1. The fraction of sp³-hybridized carbons (Fsp3) is 0.188. The molecule has 8 heteroatoms. The smallest absolute Gasteiger partial charge is 0.255 e. The third-order valence-electron chi connectivity index (χ3n) is 7.11. The number of hydrogen-bond donors (Lipinski definition) is 1. The van der Waals surface area contributed by atoms with Gasteiger partial charge in [0, 0.05) is 18.2 Å². The maximum atomic E-state index is 14.2. The van der Waals surface area contributed by atoms with Crippen molar-refractivity contribution in [3.05, 3.63) is 119 Å². The Morgan fingerprint density at radius 2 is 1.52 bits per heavy atom. The molecule has 0 fully saturated rings. The molecule has 0 bridgehead atoms. The molecule has 0 saturated heterocycles. The van der Waals surface area contributed by atoms with Crippen molar-refractivity contribution in [2.45, 2.75) is 18.5 Å². The maximum Gasteiger partial charge on any atom is 0.255 e. The van der Waals surface area contributed by atoms with E-state index in [9.17, 15) is 14.0 Å². The fourth-order valence-corrected chi connectivity index (χ4v) is 5.13. The highest BCUT2D eigenvalue weighted by atomic mass is 19.1. The van der Waals surface area contributed by atoms with Gasteiger partial charge in [0.25, 0.3) is 5.91 Å². The van der Waals surface area contributed by atoms with E-state index in [-0.39, 0.29) is 24.2 Å². The van der Waals surface area contributed by atoms with Crippen LogP contribution in [0.15, 0.2) is 91.0 Å². The van der Waals surface area contributed by atoms with Gasteiger partial charge in [-0.25, -0.2) is 4.39 Å². The third-order valence-corrected chi connectivity index (χ3v) is 7.11. The number of halogens is 1. The summed E-state index contributed by atoms with van der Waals surface area (Å²) in [4.78, 5) is 29.9. The number of ether oxygens (including phenoxy) is 3. The number of hydrogen-bond acceptors (Lipinski definition) is 5. The van der Waals surface area contributed by atoms with Crippen LogP contribution in [0.25, 0.3) is 0 Å². The Morgan fingerprint density at radius 3 is 2.20 bits per heavy atom. The van der Waals surface area contributed by atoms with Gasteiger partial charge >= 0.3 is 0 Å². The first-order chi connectivity index (χ1) is 19.4. The molecule has 1 aliphatic heterocycles. The number of amides is 2. The van der Waals surface area contributed by atoms with Gasteiger partial charge in [-0.2, -0.15) is 0 Å². The second kappa shape index (κ2) is 11.5. The summed E-state index contributed by atoms with van der Waals surface area (Å²) in [5.41, 5.74) is 2.99. The van der Waals surface area contributed by atoms with Gasteiger partial charge < -0.3 is 24.4 Å². The highest BCUT2D eigenvalue weighted by Crippen LogP contribution is 2.45. The summed E-state index contributed by atoms with van der Waals surface area (Å²) in [5.74, 6) is -0.00830. The zero-order valence-electron chi connectivity index (χ0n) is 22.4. The largest absolute Gasteiger partial charge is 0.497 e. The predicted molar refractivity (Wildman–Crippen MR) is 149 cm³/mol. The van der Waals surface area contributed by atoms with E-state index in [0.717, 1.165) is 11.1 Å². The number of anilines is 1. The van der Waals surface area contributed by atoms with E-state index < -0.39 is 12.0 Å². The quantitative estimate of drug-likeness (QED) is 0.298. The lowest BCUT2D eigenvalue weighted by Crippen LogP contribution is -2.45. The number of rotatable bonds is 8. The summed E-state index contributed by atoms with van der Waals surface area (Å²) in [6.07, 6.45) is 0. The molecule has 0 aliphatic carbocycles. The van der Waals surface area contributed by atoms with Crippen molar-refractivity contribution in [3.8, 4) is 17.2 Å². The molecule has 204 valence electrons. The molecule has 1 heterocycles. The normalized spacial score (nSPS) is 16.2. The molecule has 0 unspecified atom stereocenters. The van der Waals surface area contributed by atoms with Crippen LogP contribution in [0, 0.1) is 5.82 Å². The van der Waals surface area contributed by atoms with Gasteiger partial charge in [0.2, 0.25) is 5.91 Å². The van der Waals surface area contributed by atoms with E-state index in [2.05, 4.69) is 5.32 Å². The topological polar surface area (TPSA) is 77.1 Å². The van der Waals surface area contributed by atoms with Crippen molar-refractivity contribution in [1.29, 1.82) is 0 Å². The summed E-state index contributed by atoms with van der Waals surface area (Å²) in [6, 6.07) is 24.9. The first kappa shape index (κ1) is 26.7. The number of nitrogens with one attached hydrogen (secondary N) is 1. The van der Waals surface area contributed by atoms with Crippen molar-refractivity contribution in [2.24, 2.45) is 0 Å².